The van der Waals surface area contributed by atoms with E-state index in [0.29, 0.717) is 0 Å². The predicted molar refractivity (Wildman–Crippen MR) is 103 cm³/mol. The average molecular weight is 385 g/mol. The van der Waals surface area contributed by atoms with E-state index in [1.165, 1.54) is 6.92 Å². The number of aliphatic carboxylic acids is 1. The fraction of sp³-hybridized carbons (Fsp3) is 0.300. The summed E-state index contributed by atoms with van der Waals surface area (Å²) in [5, 5.41) is 18.7. The van der Waals surface area contributed by atoms with Gasteiger partial charge < -0.3 is 21.1 Å². The highest BCUT2D eigenvalue weighted by Gasteiger charge is 2.19. The van der Waals surface area contributed by atoms with Crippen LogP contribution >= 0.6 is 0 Å². The maximum atomic E-state index is 11.8. The fourth-order valence-corrected chi connectivity index (χ4v) is 2.64. The van der Waals surface area contributed by atoms with Crippen molar-refractivity contribution in [2.45, 2.75) is 13.3 Å². The summed E-state index contributed by atoms with van der Waals surface area (Å²) in [6.07, 6.45) is 0.273. The van der Waals surface area contributed by atoms with Crippen LogP contribution in [0.4, 0.5) is 0 Å². The van der Waals surface area contributed by atoms with Crippen molar-refractivity contribution in [1.82, 2.24) is 16.0 Å². The Hall–Kier alpha value is -3.42. The van der Waals surface area contributed by atoms with Crippen LogP contribution in [0.1, 0.15) is 12.5 Å². The first kappa shape index (κ1) is 20.9. The molecule has 0 heterocycles. The summed E-state index contributed by atoms with van der Waals surface area (Å²) in [5.41, 5.74) is 0.865. The number of amides is 3. The van der Waals surface area contributed by atoms with E-state index in [4.69, 9.17) is 0 Å². The Kier molecular flexibility index (Phi) is 7.50. The van der Waals surface area contributed by atoms with Crippen LogP contribution in [0, 0.1) is 5.92 Å². The molecular formula is C20H23N3O5. The Bertz CT molecular complexity index is 881. The average Bonchev–Trinajstić information content (AvgIpc) is 2.67. The standard InChI is InChI=1S/C20H23N3O5/c1-13(24)21-11-18(25)23-12-19(26)22-10-17(20(27)28)9-14-6-7-15-4-2-3-5-16(15)8-14/h2-8,17H,9-12H2,1H3,(H,21,24)(H,22,26)(H,23,25)(H,27,28). The molecule has 1 unspecified atom stereocenters. The van der Waals surface area contributed by atoms with Crippen molar-refractivity contribution < 1.29 is 24.3 Å². The molecule has 2 aromatic rings. The Morgan fingerprint density at radius 3 is 2.21 bits per heavy atom. The van der Waals surface area contributed by atoms with Gasteiger partial charge in [-0.05, 0) is 22.8 Å². The van der Waals surface area contributed by atoms with Crippen molar-refractivity contribution in [3.63, 3.8) is 0 Å². The van der Waals surface area contributed by atoms with E-state index in [1.54, 1.807) is 0 Å². The van der Waals surface area contributed by atoms with E-state index in [9.17, 15) is 24.3 Å². The van der Waals surface area contributed by atoms with Gasteiger partial charge in [0.2, 0.25) is 17.7 Å². The summed E-state index contributed by atoms with van der Waals surface area (Å²) < 4.78 is 0. The van der Waals surface area contributed by atoms with Gasteiger partial charge in [0.15, 0.2) is 0 Å². The van der Waals surface area contributed by atoms with Crippen LogP contribution in [-0.2, 0) is 25.6 Å². The molecule has 0 radical (unpaired) electrons. The molecule has 3 amide bonds. The number of carbonyl (C=O) groups is 4. The van der Waals surface area contributed by atoms with E-state index in [-0.39, 0.29) is 32.0 Å². The molecule has 0 fully saturated rings. The quantitative estimate of drug-likeness (QED) is 0.499. The number of benzene rings is 2. The third-order valence-electron chi connectivity index (χ3n) is 4.13. The second-order valence-corrected chi connectivity index (χ2v) is 6.41. The normalized spacial score (nSPS) is 11.5. The smallest absolute Gasteiger partial charge is 0.308 e. The number of rotatable bonds is 9. The molecule has 0 aliphatic rings. The van der Waals surface area contributed by atoms with Gasteiger partial charge in [0.25, 0.3) is 0 Å². The van der Waals surface area contributed by atoms with E-state index in [2.05, 4.69) is 16.0 Å². The molecule has 8 nitrogen and oxygen atoms in total. The first-order valence-corrected chi connectivity index (χ1v) is 8.83. The largest absolute Gasteiger partial charge is 0.481 e. The molecule has 2 aromatic carbocycles. The lowest BCUT2D eigenvalue weighted by Gasteiger charge is -2.14. The van der Waals surface area contributed by atoms with Crippen LogP contribution in [0.2, 0.25) is 0 Å². The van der Waals surface area contributed by atoms with Crippen LogP contribution in [0.15, 0.2) is 42.5 Å². The highest BCUT2D eigenvalue weighted by atomic mass is 16.4. The molecule has 8 heteroatoms. The van der Waals surface area contributed by atoms with Gasteiger partial charge in [-0.25, -0.2) is 0 Å². The summed E-state index contributed by atoms with van der Waals surface area (Å²) in [6, 6.07) is 13.5. The lowest BCUT2D eigenvalue weighted by Crippen LogP contribution is -2.43. The summed E-state index contributed by atoms with van der Waals surface area (Å²) >= 11 is 0. The van der Waals surface area contributed by atoms with Crippen LogP contribution in [-0.4, -0.2) is 48.4 Å². The molecule has 0 spiro atoms. The van der Waals surface area contributed by atoms with Crippen molar-refractivity contribution in [2.75, 3.05) is 19.6 Å². The van der Waals surface area contributed by atoms with Crippen LogP contribution in [0.25, 0.3) is 10.8 Å². The van der Waals surface area contributed by atoms with Gasteiger partial charge in [0, 0.05) is 13.5 Å². The first-order valence-electron chi connectivity index (χ1n) is 8.83. The lowest BCUT2D eigenvalue weighted by molar-refractivity contribution is -0.141. The number of carbonyl (C=O) groups excluding carboxylic acids is 3. The van der Waals surface area contributed by atoms with Gasteiger partial charge in [0.05, 0.1) is 19.0 Å². The van der Waals surface area contributed by atoms with Gasteiger partial charge in [-0.1, -0.05) is 42.5 Å². The topological polar surface area (TPSA) is 125 Å². The molecule has 0 saturated heterocycles. The molecule has 0 bridgehead atoms. The maximum Gasteiger partial charge on any atom is 0.308 e. The molecule has 0 aliphatic heterocycles. The van der Waals surface area contributed by atoms with Crippen molar-refractivity contribution in [3.8, 4) is 0 Å². The molecule has 4 N–H and O–H groups in total. The SMILES string of the molecule is CC(=O)NCC(=O)NCC(=O)NCC(Cc1ccc2ccccc2c1)C(=O)O. The van der Waals surface area contributed by atoms with Crippen molar-refractivity contribution in [3.05, 3.63) is 48.0 Å². The number of hydrogen-bond acceptors (Lipinski definition) is 4. The summed E-state index contributed by atoms with van der Waals surface area (Å²) in [6.45, 7) is 0.715. The van der Waals surface area contributed by atoms with E-state index in [1.807, 2.05) is 42.5 Å². The zero-order chi connectivity index (χ0) is 20.5. The highest BCUT2D eigenvalue weighted by Crippen LogP contribution is 2.18. The first-order chi connectivity index (χ1) is 13.3. The zero-order valence-electron chi connectivity index (χ0n) is 15.5. The van der Waals surface area contributed by atoms with Crippen molar-refractivity contribution in [1.29, 1.82) is 0 Å². The van der Waals surface area contributed by atoms with E-state index >= 15 is 0 Å². The predicted octanol–water partition coefficient (Wildman–Crippen LogP) is 0.452. The molecular weight excluding hydrogens is 362 g/mol. The molecule has 0 aliphatic carbocycles. The molecule has 1 atom stereocenters. The summed E-state index contributed by atoms with van der Waals surface area (Å²) in [7, 11) is 0. The fourth-order valence-electron chi connectivity index (χ4n) is 2.64. The van der Waals surface area contributed by atoms with Gasteiger partial charge in [-0.2, -0.15) is 0 Å². The van der Waals surface area contributed by atoms with Crippen molar-refractivity contribution >= 4 is 34.5 Å². The van der Waals surface area contributed by atoms with Gasteiger partial charge in [0.1, 0.15) is 0 Å². The van der Waals surface area contributed by atoms with Crippen LogP contribution < -0.4 is 16.0 Å². The van der Waals surface area contributed by atoms with Crippen molar-refractivity contribution in [2.24, 2.45) is 5.92 Å². The van der Waals surface area contributed by atoms with Crippen LogP contribution in [0.5, 0.6) is 0 Å². The Morgan fingerprint density at radius 2 is 1.54 bits per heavy atom. The van der Waals surface area contributed by atoms with Crippen LogP contribution in [0.3, 0.4) is 0 Å². The minimum Gasteiger partial charge on any atom is -0.481 e. The van der Waals surface area contributed by atoms with E-state index in [0.717, 1.165) is 16.3 Å². The second-order valence-electron chi connectivity index (χ2n) is 6.41. The van der Waals surface area contributed by atoms with Gasteiger partial charge in [-0.3, -0.25) is 19.2 Å². The zero-order valence-corrected chi connectivity index (χ0v) is 15.5. The molecule has 28 heavy (non-hydrogen) atoms. The summed E-state index contributed by atoms with van der Waals surface area (Å²) in [5.74, 6) is -3.15. The number of carboxylic acid groups (broad SMARTS) is 1. The van der Waals surface area contributed by atoms with Gasteiger partial charge in [-0.15, -0.1) is 0 Å². The number of nitrogens with one attached hydrogen (secondary N) is 3. The Morgan fingerprint density at radius 1 is 0.893 bits per heavy atom. The second kappa shape index (κ2) is 10.1. The maximum absolute atomic E-state index is 11.8. The molecule has 2 rings (SSSR count). The summed E-state index contributed by atoms with van der Waals surface area (Å²) in [4.78, 5) is 45.5. The third kappa shape index (κ3) is 6.71. The Balaban J connectivity index is 1.85. The minimum absolute atomic E-state index is 0.0530. The lowest BCUT2D eigenvalue weighted by atomic mass is 9.97. The number of carboxylic acids is 1. The van der Waals surface area contributed by atoms with E-state index < -0.39 is 23.7 Å². The molecule has 0 aromatic heterocycles. The molecule has 0 saturated carbocycles. The highest BCUT2D eigenvalue weighted by molar-refractivity contribution is 5.88. The Labute approximate surface area is 162 Å². The minimum atomic E-state index is -1.01. The van der Waals surface area contributed by atoms with Gasteiger partial charge >= 0.3 is 5.97 Å². The number of hydrogen-bond donors (Lipinski definition) is 4. The molecule has 148 valence electrons. The monoisotopic (exact) mass is 385 g/mol. The number of fused-ring (bicyclic) bond motifs is 1. The third-order valence-corrected chi connectivity index (χ3v) is 4.13.